The smallest absolute Gasteiger partial charge is 0.150 e. The highest BCUT2D eigenvalue weighted by Gasteiger charge is 2.20. The van der Waals surface area contributed by atoms with Crippen molar-refractivity contribution >= 4 is 33.1 Å². The molecule has 0 bridgehead atoms. The molecule has 0 saturated carbocycles. The van der Waals surface area contributed by atoms with Gasteiger partial charge in [-0.15, -0.1) is 0 Å². The van der Waals surface area contributed by atoms with E-state index < -0.39 is 0 Å². The SMILES string of the molecule is Nc1ccc(OCCN2CCN(c3nsc4ccccc34)CC2)cc1. The molecule has 0 amide bonds. The van der Waals surface area contributed by atoms with Crippen LogP contribution < -0.4 is 15.4 Å². The van der Waals surface area contributed by atoms with Crippen molar-refractivity contribution in [2.45, 2.75) is 0 Å². The summed E-state index contributed by atoms with van der Waals surface area (Å²) in [5.41, 5.74) is 6.45. The third-order valence-corrected chi connectivity index (χ3v) is 5.40. The molecule has 2 aromatic carbocycles. The Balaban J connectivity index is 1.27. The molecule has 1 aliphatic heterocycles. The molecule has 6 heteroatoms. The van der Waals surface area contributed by atoms with Gasteiger partial charge in [0.15, 0.2) is 0 Å². The highest BCUT2D eigenvalue weighted by atomic mass is 32.1. The van der Waals surface area contributed by atoms with E-state index in [1.54, 1.807) is 11.5 Å². The number of aromatic nitrogens is 1. The predicted octanol–water partition coefficient (Wildman–Crippen LogP) is 3.08. The maximum Gasteiger partial charge on any atom is 0.150 e. The van der Waals surface area contributed by atoms with E-state index in [1.807, 2.05) is 24.3 Å². The van der Waals surface area contributed by atoms with Crippen molar-refractivity contribution in [1.29, 1.82) is 0 Å². The van der Waals surface area contributed by atoms with Crippen LogP contribution >= 0.6 is 11.5 Å². The number of fused-ring (bicyclic) bond motifs is 1. The molecule has 4 rings (SSSR count). The zero-order valence-electron chi connectivity index (χ0n) is 14.1. The fourth-order valence-corrected chi connectivity index (χ4v) is 3.94. The predicted molar refractivity (Wildman–Crippen MR) is 105 cm³/mol. The Morgan fingerprint density at radius 2 is 1.76 bits per heavy atom. The third-order valence-electron chi connectivity index (χ3n) is 4.59. The van der Waals surface area contributed by atoms with E-state index in [-0.39, 0.29) is 0 Å². The van der Waals surface area contributed by atoms with Gasteiger partial charge in [0.05, 0.1) is 4.70 Å². The molecule has 1 aliphatic rings. The first kappa shape index (κ1) is 16.2. The first-order valence-electron chi connectivity index (χ1n) is 8.60. The van der Waals surface area contributed by atoms with Crippen LogP contribution in [0.1, 0.15) is 0 Å². The molecule has 0 atom stereocenters. The zero-order chi connectivity index (χ0) is 17.1. The monoisotopic (exact) mass is 354 g/mol. The molecule has 3 aromatic rings. The Bertz CT molecular complexity index is 825. The Morgan fingerprint density at radius 3 is 2.56 bits per heavy atom. The number of benzene rings is 2. The summed E-state index contributed by atoms with van der Waals surface area (Å²) in [6, 6.07) is 16.0. The number of hydrogen-bond donors (Lipinski definition) is 1. The summed E-state index contributed by atoms with van der Waals surface area (Å²) in [7, 11) is 0. The van der Waals surface area contributed by atoms with Gasteiger partial charge in [-0.3, -0.25) is 4.90 Å². The number of rotatable bonds is 5. The largest absolute Gasteiger partial charge is 0.492 e. The number of piperazine rings is 1. The minimum absolute atomic E-state index is 0.698. The summed E-state index contributed by atoms with van der Waals surface area (Å²) in [5, 5.41) is 1.27. The van der Waals surface area contributed by atoms with Crippen LogP contribution in [0.5, 0.6) is 5.75 Å². The van der Waals surface area contributed by atoms with Crippen molar-refractivity contribution in [2.24, 2.45) is 0 Å². The number of ether oxygens (including phenoxy) is 1. The van der Waals surface area contributed by atoms with Crippen LogP contribution in [0.15, 0.2) is 48.5 Å². The molecule has 0 spiro atoms. The fraction of sp³-hybridized carbons (Fsp3) is 0.316. The van der Waals surface area contributed by atoms with Gasteiger partial charge in [0.25, 0.3) is 0 Å². The van der Waals surface area contributed by atoms with Crippen molar-refractivity contribution in [1.82, 2.24) is 9.27 Å². The van der Waals surface area contributed by atoms with Gasteiger partial charge in [0.1, 0.15) is 18.2 Å². The zero-order valence-corrected chi connectivity index (χ0v) is 14.9. The van der Waals surface area contributed by atoms with E-state index in [2.05, 4.69) is 38.4 Å². The van der Waals surface area contributed by atoms with Gasteiger partial charge in [-0.1, -0.05) is 12.1 Å². The Hall–Kier alpha value is -2.31. The summed E-state index contributed by atoms with van der Waals surface area (Å²) >= 11 is 1.59. The van der Waals surface area contributed by atoms with Gasteiger partial charge in [0.2, 0.25) is 0 Å². The lowest BCUT2D eigenvalue weighted by molar-refractivity contribution is 0.200. The van der Waals surface area contributed by atoms with Crippen LogP contribution in [-0.4, -0.2) is 48.6 Å². The van der Waals surface area contributed by atoms with E-state index in [1.165, 1.54) is 10.1 Å². The maximum atomic E-state index is 5.80. The van der Waals surface area contributed by atoms with Crippen molar-refractivity contribution in [3.63, 3.8) is 0 Å². The van der Waals surface area contributed by atoms with E-state index in [0.717, 1.165) is 50.0 Å². The number of nitrogens with zero attached hydrogens (tertiary/aromatic N) is 3. The van der Waals surface area contributed by atoms with E-state index in [4.69, 9.17) is 10.5 Å². The number of hydrogen-bond acceptors (Lipinski definition) is 6. The summed E-state index contributed by atoms with van der Waals surface area (Å²) < 4.78 is 11.7. The molecule has 2 N–H and O–H groups in total. The topological polar surface area (TPSA) is 54.6 Å². The van der Waals surface area contributed by atoms with Gasteiger partial charge in [-0.05, 0) is 47.9 Å². The maximum absolute atomic E-state index is 5.80. The summed E-state index contributed by atoms with van der Waals surface area (Å²) in [6.07, 6.45) is 0. The minimum Gasteiger partial charge on any atom is -0.492 e. The molecular formula is C19H22N4OS. The molecule has 0 aliphatic carbocycles. The van der Waals surface area contributed by atoms with Gasteiger partial charge in [-0.25, -0.2) is 0 Å². The second-order valence-electron chi connectivity index (χ2n) is 6.25. The lowest BCUT2D eigenvalue weighted by Gasteiger charge is -2.34. The number of anilines is 2. The minimum atomic E-state index is 0.698. The molecule has 2 heterocycles. The molecule has 1 fully saturated rings. The van der Waals surface area contributed by atoms with Gasteiger partial charge < -0.3 is 15.4 Å². The first-order valence-corrected chi connectivity index (χ1v) is 9.37. The molecule has 0 radical (unpaired) electrons. The highest BCUT2D eigenvalue weighted by molar-refractivity contribution is 7.13. The molecule has 1 aromatic heterocycles. The lowest BCUT2D eigenvalue weighted by Crippen LogP contribution is -2.47. The quantitative estimate of drug-likeness (QED) is 0.714. The Kier molecular flexibility index (Phi) is 4.72. The van der Waals surface area contributed by atoms with Crippen LogP contribution in [0.4, 0.5) is 11.5 Å². The van der Waals surface area contributed by atoms with Crippen LogP contribution in [0.3, 0.4) is 0 Å². The van der Waals surface area contributed by atoms with Crippen LogP contribution in [0.25, 0.3) is 10.1 Å². The normalized spacial score (nSPS) is 15.6. The summed E-state index contributed by atoms with van der Waals surface area (Å²) in [4.78, 5) is 4.85. The second kappa shape index (κ2) is 7.29. The summed E-state index contributed by atoms with van der Waals surface area (Å²) in [5.74, 6) is 2.01. The average molecular weight is 354 g/mol. The van der Waals surface area contributed by atoms with Crippen LogP contribution in [-0.2, 0) is 0 Å². The highest BCUT2D eigenvalue weighted by Crippen LogP contribution is 2.29. The fourth-order valence-electron chi connectivity index (χ4n) is 3.14. The van der Waals surface area contributed by atoms with E-state index in [0.29, 0.717) is 6.61 Å². The van der Waals surface area contributed by atoms with Gasteiger partial charge >= 0.3 is 0 Å². The van der Waals surface area contributed by atoms with Crippen molar-refractivity contribution in [3.05, 3.63) is 48.5 Å². The molecule has 130 valence electrons. The van der Waals surface area contributed by atoms with Crippen molar-refractivity contribution in [3.8, 4) is 5.75 Å². The number of nitrogens with two attached hydrogens (primary N) is 1. The van der Waals surface area contributed by atoms with Crippen molar-refractivity contribution < 1.29 is 4.74 Å². The first-order chi connectivity index (χ1) is 12.3. The molecule has 5 nitrogen and oxygen atoms in total. The molecule has 25 heavy (non-hydrogen) atoms. The average Bonchev–Trinajstić information content (AvgIpc) is 3.08. The third kappa shape index (κ3) is 3.70. The number of nitrogen functional groups attached to an aromatic ring is 1. The molecule has 0 unspecified atom stereocenters. The molecule has 1 saturated heterocycles. The molecular weight excluding hydrogens is 332 g/mol. The van der Waals surface area contributed by atoms with E-state index >= 15 is 0 Å². The summed E-state index contributed by atoms with van der Waals surface area (Å²) in [6.45, 7) is 5.73. The van der Waals surface area contributed by atoms with Gasteiger partial charge in [-0.2, -0.15) is 4.37 Å². The Labute approximate surface area is 151 Å². The lowest BCUT2D eigenvalue weighted by atomic mass is 10.2. The van der Waals surface area contributed by atoms with Crippen molar-refractivity contribution in [2.75, 3.05) is 50.0 Å². The Morgan fingerprint density at radius 1 is 1.00 bits per heavy atom. The van der Waals surface area contributed by atoms with Crippen LogP contribution in [0.2, 0.25) is 0 Å². The van der Waals surface area contributed by atoms with Crippen LogP contribution in [0, 0.1) is 0 Å². The standard InChI is InChI=1S/C19H22N4OS/c20-15-5-7-16(8-6-15)24-14-13-22-9-11-23(12-10-22)19-17-3-1-2-4-18(17)25-21-19/h1-8H,9-14,20H2. The van der Waals surface area contributed by atoms with E-state index in [9.17, 15) is 0 Å². The van der Waals surface area contributed by atoms with Gasteiger partial charge in [0, 0.05) is 43.8 Å². The second-order valence-corrected chi connectivity index (χ2v) is 7.05.